The lowest BCUT2D eigenvalue weighted by atomic mass is 10.1. The van der Waals surface area contributed by atoms with Gasteiger partial charge in [0.15, 0.2) is 0 Å². The van der Waals surface area contributed by atoms with Gasteiger partial charge in [-0.25, -0.2) is 4.79 Å². The molecular weight excluding hydrogens is 342 g/mol. The van der Waals surface area contributed by atoms with E-state index in [1.807, 2.05) is 38.1 Å². The largest absolute Gasteiger partial charge is 0.462 e. The molecule has 0 unspecified atom stereocenters. The third-order valence-electron chi connectivity index (χ3n) is 3.47. The molecule has 128 valence electrons. The van der Waals surface area contributed by atoms with Crippen LogP contribution in [-0.4, -0.2) is 24.2 Å². The fourth-order valence-corrected chi connectivity index (χ4v) is 4.69. The van der Waals surface area contributed by atoms with Crippen molar-refractivity contribution < 1.29 is 14.3 Å². The van der Waals surface area contributed by atoms with Gasteiger partial charge in [0.2, 0.25) is 0 Å². The van der Waals surface area contributed by atoms with Gasteiger partial charge in [-0.2, -0.15) is 0 Å². The Kier molecular flexibility index (Phi) is 6.45. The van der Waals surface area contributed by atoms with E-state index in [4.69, 9.17) is 4.74 Å². The summed E-state index contributed by atoms with van der Waals surface area (Å²) < 4.78 is 5.95. The fraction of sp³-hybridized carbons (Fsp3) is 0.333. The van der Waals surface area contributed by atoms with Gasteiger partial charge in [0.25, 0.3) is 5.91 Å². The van der Waals surface area contributed by atoms with Gasteiger partial charge in [-0.1, -0.05) is 25.1 Å². The average Bonchev–Trinajstić information content (AvgIpc) is 2.87. The van der Waals surface area contributed by atoms with Crippen LogP contribution in [0, 0.1) is 13.8 Å². The van der Waals surface area contributed by atoms with Crippen LogP contribution >= 0.6 is 23.1 Å². The zero-order valence-electron chi connectivity index (χ0n) is 14.3. The topological polar surface area (TPSA) is 55.4 Å². The smallest absolute Gasteiger partial charge is 0.348 e. The second kappa shape index (κ2) is 8.35. The van der Waals surface area contributed by atoms with Gasteiger partial charge < -0.3 is 10.1 Å². The number of benzene rings is 1. The van der Waals surface area contributed by atoms with Crippen molar-refractivity contribution in [1.82, 2.24) is 0 Å². The molecule has 1 amide bonds. The monoisotopic (exact) mass is 363 g/mol. The fourth-order valence-electron chi connectivity index (χ4n) is 2.27. The Morgan fingerprint density at radius 2 is 1.92 bits per heavy atom. The number of hydrogen-bond donors (Lipinski definition) is 1. The number of aryl methyl sites for hydroxylation is 1. The standard InChI is InChI=1S/C18H21NO3S2/c1-5-22-17(21)15-12(4)14(18(24-15)23-6-2)16(20)19-13-10-8-7-9-11(13)3/h7-10H,5-6H2,1-4H3,(H,19,20). The van der Waals surface area contributed by atoms with Crippen molar-refractivity contribution in [3.63, 3.8) is 0 Å². The molecule has 0 atom stereocenters. The number of esters is 1. The maximum absolute atomic E-state index is 12.8. The van der Waals surface area contributed by atoms with Crippen molar-refractivity contribution in [2.45, 2.75) is 31.9 Å². The molecule has 1 N–H and O–H groups in total. The quantitative estimate of drug-likeness (QED) is 0.585. The minimum absolute atomic E-state index is 0.190. The van der Waals surface area contributed by atoms with E-state index < -0.39 is 0 Å². The second-order valence-corrected chi connectivity index (χ2v) is 7.69. The minimum atomic E-state index is -0.368. The summed E-state index contributed by atoms with van der Waals surface area (Å²) in [7, 11) is 0. The van der Waals surface area contributed by atoms with E-state index in [-0.39, 0.29) is 11.9 Å². The lowest BCUT2D eigenvalue weighted by molar-refractivity contribution is 0.0531. The third kappa shape index (κ3) is 3.99. The maximum Gasteiger partial charge on any atom is 0.348 e. The molecule has 2 aromatic rings. The molecule has 0 bridgehead atoms. The molecule has 4 nitrogen and oxygen atoms in total. The van der Waals surface area contributed by atoms with E-state index in [1.165, 1.54) is 11.3 Å². The van der Waals surface area contributed by atoms with Crippen LogP contribution in [0.25, 0.3) is 0 Å². The highest BCUT2D eigenvalue weighted by Gasteiger charge is 2.25. The SMILES string of the molecule is CCOC(=O)c1sc(SCC)c(C(=O)Nc2ccccc2C)c1C. The summed E-state index contributed by atoms with van der Waals surface area (Å²) in [6.45, 7) is 7.86. The number of anilines is 1. The van der Waals surface area contributed by atoms with Crippen LogP contribution < -0.4 is 5.32 Å². The van der Waals surface area contributed by atoms with Crippen LogP contribution in [-0.2, 0) is 4.74 Å². The van der Waals surface area contributed by atoms with Crippen molar-refractivity contribution in [2.24, 2.45) is 0 Å². The second-order valence-electron chi connectivity index (χ2n) is 5.14. The molecule has 0 saturated heterocycles. The van der Waals surface area contributed by atoms with Gasteiger partial charge in [-0.05, 0) is 43.7 Å². The van der Waals surface area contributed by atoms with Crippen molar-refractivity contribution >= 4 is 40.7 Å². The molecule has 24 heavy (non-hydrogen) atoms. The van der Waals surface area contributed by atoms with Crippen LogP contribution in [0.1, 0.15) is 45.0 Å². The first-order valence-electron chi connectivity index (χ1n) is 7.79. The van der Waals surface area contributed by atoms with Gasteiger partial charge in [0.1, 0.15) is 4.88 Å². The molecule has 0 aliphatic rings. The molecule has 1 aromatic heterocycles. The number of thioether (sulfide) groups is 1. The number of para-hydroxylation sites is 1. The van der Waals surface area contributed by atoms with Crippen LogP contribution in [0.2, 0.25) is 0 Å². The normalized spacial score (nSPS) is 10.5. The summed E-state index contributed by atoms with van der Waals surface area (Å²) in [5.74, 6) is 0.268. The summed E-state index contributed by atoms with van der Waals surface area (Å²) >= 11 is 2.89. The van der Waals surface area contributed by atoms with Crippen molar-refractivity contribution in [3.8, 4) is 0 Å². The summed E-state index contributed by atoms with van der Waals surface area (Å²) in [6.07, 6.45) is 0. The Bertz CT molecular complexity index is 753. The Hall–Kier alpha value is -1.79. The minimum Gasteiger partial charge on any atom is -0.462 e. The molecule has 0 radical (unpaired) electrons. The maximum atomic E-state index is 12.8. The van der Waals surface area contributed by atoms with Crippen LogP contribution in [0.5, 0.6) is 0 Å². The first-order valence-corrected chi connectivity index (χ1v) is 9.60. The summed E-state index contributed by atoms with van der Waals surface area (Å²) in [6, 6.07) is 7.63. The number of nitrogens with one attached hydrogen (secondary N) is 1. The zero-order valence-corrected chi connectivity index (χ0v) is 15.9. The first kappa shape index (κ1) is 18.5. The molecule has 0 saturated carbocycles. The highest BCUT2D eigenvalue weighted by molar-refractivity contribution is 8.01. The Morgan fingerprint density at radius 1 is 1.21 bits per heavy atom. The number of carbonyl (C=O) groups is 2. The molecule has 1 aromatic carbocycles. The average molecular weight is 364 g/mol. The lowest BCUT2D eigenvalue weighted by Gasteiger charge is -2.09. The van der Waals surface area contributed by atoms with E-state index in [0.29, 0.717) is 22.6 Å². The first-order chi connectivity index (χ1) is 11.5. The predicted molar refractivity (Wildman–Crippen MR) is 101 cm³/mol. The van der Waals surface area contributed by atoms with Gasteiger partial charge >= 0.3 is 5.97 Å². The molecule has 0 aliphatic heterocycles. The van der Waals surface area contributed by atoms with E-state index in [1.54, 1.807) is 25.6 Å². The van der Waals surface area contributed by atoms with E-state index in [2.05, 4.69) is 5.32 Å². The number of amides is 1. The van der Waals surface area contributed by atoms with Gasteiger partial charge in [-0.15, -0.1) is 23.1 Å². The van der Waals surface area contributed by atoms with E-state index in [9.17, 15) is 9.59 Å². The summed E-state index contributed by atoms with van der Waals surface area (Å²) in [5, 5.41) is 2.95. The van der Waals surface area contributed by atoms with Crippen LogP contribution in [0.3, 0.4) is 0 Å². The Balaban J connectivity index is 2.38. The predicted octanol–water partition coefficient (Wildman–Crippen LogP) is 4.91. The third-order valence-corrected chi connectivity index (χ3v) is 5.90. The number of carbonyl (C=O) groups excluding carboxylic acids is 2. The van der Waals surface area contributed by atoms with Crippen LogP contribution in [0.4, 0.5) is 5.69 Å². The van der Waals surface area contributed by atoms with Crippen molar-refractivity contribution in [2.75, 3.05) is 17.7 Å². The number of hydrogen-bond acceptors (Lipinski definition) is 5. The van der Waals surface area contributed by atoms with Crippen LogP contribution in [0.15, 0.2) is 28.5 Å². The van der Waals surface area contributed by atoms with E-state index in [0.717, 1.165) is 21.2 Å². The highest BCUT2D eigenvalue weighted by atomic mass is 32.2. The van der Waals surface area contributed by atoms with Crippen molar-refractivity contribution in [1.29, 1.82) is 0 Å². The molecule has 0 spiro atoms. The number of rotatable bonds is 6. The molecule has 2 rings (SSSR count). The van der Waals surface area contributed by atoms with Gasteiger partial charge in [0.05, 0.1) is 16.4 Å². The Labute approximate surface area is 150 Å². The highest BCUT2D eigenvalue weighted by Crippen LogP contribution is 2.37. The van der Waals surface area contributed by atoms with Gasteiger partial charge in [0, 0.05) is 5.69 Å². The molecule has 1 heterocycles. The lowest BCUT2D eigenvalue weighted by Crippen LogP contribution is -2.14. The molecular formula is C18H21NO3S2. The molecule has 0 fully saturated rings. The Morgan fingerprint density at radius 3 is 2.54 bits per heavy atom. The molecule has 6 heteroatoms. The zero-order chi connectivity index (χ0) is 17.7. The number of ether oxygens (including phenoxy) is 1. The number of thiophene rings is 1. The van der Waals surface area contributed by atoms with Crippen molar-refractivity contribution in [3.05, 3.63) is 45.8 Å². The van der Waals surface area contributed by atoms with Gasteiger partial charge in [-0.3, -0.25) is 4.79 Å². The summed E-state index contributed by atoms with van der Waals surface area (Å²) in [4.78, 5) is 25.4. The van der Waals surface area contributed by atoms with E-state index >= 15 is 0 Å². The summed E-state index contributed by atoms with van der Waals surface area (Å²) in [5.41, 5.74) is 3.02. The molecule has 0 aliphatic carbocycles.